The number of unbranched alkanes of at least 4 members (excludes halogenated alkanes) is 33. The highest BCUT2D eigenvalue weighted by molar-refractivity contribution is 7.85. The summed E-state index contributed by atoms with van der Waals surface area (Å²) in [6.45, 7) is 2.30. The standard InChI is InChI=1S/C42H78O3S/c1-2-3-4-5-6-7-8-9-10-11-12-13-14-15-16-17-18-19-20-21-22-23-24-25-26-27-28-29-30-31-32-33-34-35-37-41-38-36-39-42(40-41)46(43,44)45/h36,38-40H,2-35,37H2,1H3,(H,43,44,45). The Hall–Kier alpha value is -0.870. The summed E-state index contributed by atoms with van der Waals surface area (Å²) in [7, 11) is -4.10. The van der Waals surface area contributed by atoms with E-state index in [1.807, 2.05) is 6.07 Å². The second-order valence-corrected chi connectivity index (χ2v) is 16.0. The normalized spacial score (nSPS) is 11.9. The molecule has 0 aromatic heterocycles. The van der Waals surface area contributed by atoms with Crippen molar-refractivity contribution in [3.05, 3.63) is 29.8 Å². The quantitative estimate of drug-likeness (QED) is 0.0574. The van der Waals surface area contributed by atoms with E-state index in [-0.39, 0.29) is 4.90 Å². The minimum Gasteiger partial charge on any atom is -0.282 e. The number of benzene rings is 1. The Kier molecular flexibility index (Phi) is 30.6. The summed E-state index contributed by atoms with van der Waals surface area (Å²) in [5, 5.41) is 0. The highest BCUT2D eigenvalue weighted by Gasteiger charge is 2.09. The van der Waals surface area contributed by atoms with E-state index in [1.54, 1.807) is 12.1 Å². The van der Waals surface area contributed by atoms with Crippen LogP contribution in [0.2, 0.25) is 0 Å². The molecular formula is C42H78O3S. The Morgan fingerprint density at radius 2 is 0.674 bits per heavy atom. The summed E-state index contributed by atoms with van der Waals surface area (Å²) in [5.41, 5.74) is 0.992. The van der Waals surface area contributed by atoms with Gasteiger partial charge in [0.1, 0.15) is 0 Å². The van der Waals surface area contributed by atoms with Gasteiger partial charge in [-0.05, 0) is 30.5 Å². The molecule has 0 bridgehead atoms. The third-order valence-corrected chi connectivity index (χ3v) is 10.9. The second-order valence-electron chi connectivity index (χ2n) is 14.5. The molecule has 1 rings (SSSR count). The molecular weight excluding hydrogens is 585 g/mol. The van der Waals surface area contributed by atoms with Gasteiger partial charge in [0, 0.05) is 0 Å². The van der Waals surface area contributed by atoms with Crippen molar-refractivity contribution in [1.29, 1.82) is 0 Å². The first-order chi connectivity index (χ1) is 22.5. The third-order valence-electron chi connectivity index (χ3n) is 10.0. The molecule has 0 heterocycles. The molecule has 0 atom stereocenters. The summed E-state index contributed by atoms with van der Waals surface area (Å²) in [5.74, 6) is 0. The molecule has 0 fully saturated rings. The van der Waals surface area contributed by atoms with Gasteiger partial charge in [0.2, 0.25) is 0 Å². The molecule has 3 nitrogen and oxygen atoms in total. The first-order valence-corrected chi connectivity index (χ1v) is 22.0. The number of rotatable bonds is 36. The first-order valence-electron chi connectivity index (χ1n) is 20.6. The van der Waals surface area contributed by atoms with E-state index in [2.05, 4.69) is 6.92 Å². The average molecular weight is 663 g/mol. The van der Waals surface area contributed by atoms with Crippen LogP contribution in [0.25, 0.3) is 0 Å². The second kappa shape index (κ2) is 32.7. The van der Waals surface area contributed by atoms with Gasteiger partial charge in [-0.2, -0.15) is 8.42 Å². The number of hydrogen-bond donors (Lipinski definition) is 1. The molecule has 46 heavy (non-hydrogen) atoms. The van der Waals surface area contributed by atoms with Gasteiger partial charge in [0.05, 0.1) is 4.90 Å². The van der Waals surface area contributed by atoms with Gasteiger partial charge >= 0.3 is 0 Å². The van der Waals surface area contributed by atoms with Crippen molar-refractivity contribution in [1.82, 2.24) is 0 Å². The van der Waals surface area contributed by atoms with Crippen LogP contribution >= 0.6 is 0 Å². The van der Waals surface area contributed by atoms with Crippen LogP contribution in [-0.2, 0) is 16.5 Å². The van der Waals surface area contributed by atoms with Crippen molar-refractivity contribution in [2.45, 2.75) is 237 Å². The Morgan fingerprint density at radius 3 is 0.935 bits per heavy atom. The van der Waals surface area contributed by atoms with E-state index in [4.69, 9.17) is 0 Å². The maximum absolute atomic E-state index is 11.3. The summed E-state index contributed by atoms with van der Waals surface area (Å²) in [6, 6.07) is 6.70. The molecule has 0 saturated heterocycles. The fourth-order valence-electron chi connectivity index (χ4n) is 6.92. The molecule has 4 heteroatoms. The lowest BCUT2D eigenvalue weighted by Gasteiger charge is -2.05. The average Bonchev–Trinajstić information content (AvgIpc) is 3.04. The van der Waals surface area contributed by atoms with Crippen molar-refractivity contribution in [3.8, 4) is 0 Å². The molecule has 270 valence electrons. The fourth-order valence-corrected chi connectivity index (χ4v) is 7.47. The summed E-state index contributed by atoms with van der Waals surface area (Å²) >= 11 is 0. The van der Waals surface area contributed by atoms with E-state index in [1.165, 1.54) is 218 Å². The molecule has 1 aromatic carbocycles. The van der Waals surface area contributed by atoms with Gasteiger partial charge in [-0.15, -0.1) is 0 Å². The van der Waals surface area contributed by atoms with E-state index in [0.29, 0.717) is 0 Å². The molecule has 1 aromatic rings. The smallest absolute Gasteiger partial charge is 0.282 e. The van der Waals surface area contributed by atoms with E-state index < -0.39 is 10.1 Å². The van der Waals surface area contributed by atoms with Crippen molar-refractivity contribution in [3.63, 3.8) is 0 Å². The fraction of sp³-hybridized carbons (Fsp3) is 0.857. The largest absolute Gasteiger partial charge is 0.294 e. The Bertz CT molecular complexity index is 865. The minimum atomic E-state index is -4.10. The predicted molar refractivity (Wildman–Crippen MR) is 203 cm³/mol. The van der Waals surface area contributed by atoms with Crippen LogP contribution < -0.4 is 0 Å². The van der Waals surface area contributed by atoms with Crippen molar-refractivity contribution in [2.24, 2.45) is 0 Å². The van der Waals surface area contributed by atoms with Crippen molar-refractivity contribution < 1.29 is 13.0 Å². The lowest BCUT2D eigenvalue weighted by molar-refractivity contribution is 0.483. The predicted octanol–water partition coefficient (Wildman–Crippen LogP) is 14.8. The van der Waals surface area contributed by atoms with E-state index in [0.717, 1.165) is 18.4 Å². The maximum Gasteiger partial charge on any atom is 0.294 e. The SMILES string of the molecule is CCCCCCCCCCCCCCCCCCCCCCCCCCCCCCCCCCCCc1cccc(S(=O)(=O)O)c1. The molecule has 1 N–H and O–H groups in total. The summed E-state index contributed by atoms with van der Waals surface area (Å²) in [4.78, 5) is 0.00572. The van der Waals surface area contributed by atoms with Crippen LogP contribution in [-0.4, -0.2) is 13.0 Å². The molecule has 0 amide bonds. The monoisotopic (exact) mass is 663 g/mol. The zero-order chi connectivity index (χ0) is 33.2. The Labute approximate surface area is 288 Å². The Morgan fingerprint density at radius 1 is 0.413 bits per heavy atom. The van der Waals surface area contributed by atoms with Gasteiger partial charge in [-0.25, -0.2) is 0 Å². The van der Waals surface area contributed by atoms with Crippen LogP contribution in [0.1, 0.15) is 231 Å². The van der Waals surface area contributed by atoms with Crippen molar-refractivity contribution in [2.75, 3.05) is 0 Å². The third kappa shape index (κ3) is 29.3. The van der Waals surface area contributed by atoms with Gasteiger partial charge in [-0.3, -0.25) is 4.55 Å². The number of hydrogen-bond acceptors (Lipinski definition) is 2. The van der Waals surface area contributed by atoms with Gasteiger partial charge < -0.3 is 0 Å². The van der Waals surface area contributed by atoms with Crippen LogP contribution in [0.3, 0.4) is 0 Å². The molecule has 0 aliphatic rings. The molecule has 0 spiro atoms. The summed E-state index contributed by atoms with van der Waals surface area (Å²) in [6.07, 6.45) is 49.1. The zero-order valence-corrected chi connectivity index (χ0v) is 31.5. The molecule has 0 saturated carbocycles. The lowest BCUT2D eigenvalue weighted by Crippen LogP contribution is -1.98. The van der Waals surface area contributed by atoms with Gasteiger partial charge in [-0.1, -0.05) is 231 Å². The van der Waals surface area contributed by atoms with Gasteiger partial charge in [0.25, 0.3) is 10.1 Å². The van der Waals surface area contributed by atoms with Crippen LogP contribution in [0.15, 0.2) is 29.2 Å². The van der Waals surface area contributed by atoms with E-state index >= 15 is 0 Å². The Balaban J connectivity index is 1.68. The van der Waals surface area contributed by atoms with Crippen LogP contribution in [0, 0.1) is 0 Å². The van der Waals surface area contributed by atoms with Crippen LogP contribution in [0.5, 0.6) is 0 Å². The maximum atomic E-state index is 11.3. The lowest BCUT2D eigenvalue weighted by atomic mass is 10.0. The molecule has 0 aliphatic heterocycles. The molecule has 0 unspecified atom stereocenters. The minimum absolute atomic E-state index is 0.00572. The van der Waals surface area contributed by atoms with Crippen LogP contribution in [0.4, 0.5) is 0 Å². The first kappa shape index (κ1) is 43.2. The highest BCUT2D eigenvalue weighted by atomic mass is 32.2. The van der Waals surface area contributed by atoms with Crippen molar-refractivity contribution >= 4 is 10.1 Å². The summed E-state index contributed by atoms with van der Waals surface area (Å²) < 4.78 is 31.7. The van der Waals surface area contributed by atoms with Gasteiger partial charge in [0.15, 0.2) is 0 Å². The van der Waals surface area contributed by atoms with E-state index in [9.17, 15) is 13.0 Å². The zero-order valence-electron chi connectivity index (χ0n) is 30.7. The molecule has 0 aliphatic carbocycles. The molecule has 0 radical (unpaired) electrons. The number of aryl methyl sites for hydroxylation is 1. The topological polar surface area (TPSA) is 54.4 Å². The highest BCUT2D eigenvalue weighted by Crippen LogP contribution is 2.18.